The highest BCUT2D eigenvalue weighted by Gasteiger charge is 2.47. The molecule has 0 spiro atoms. The van der Waals surface area contributed by atoms with Gasteiger partial charge >= 0.3 is 0 Å². The van der Waals surface area contributed by atoms with E-state index in [9.17, 15) is 9.59 Å². The van der Waals surface area contributed by atoms with E-state index in [4.69, 9.17) is 37.9 Å². The molecule has 0 amide bonds. The molecular formula is C45H50O10. The van der Waals surface area contributed by atoms with Crippen LogP contribution in [0.1, 0.15) is 44.5 Å². The standard InChI is InChI=1S/C45H50O10/c1-33-5-10-39-40-11-6-34(2)30-42(40)45(41(39)29-33,37-8-7-35(13-15-46)36(31-37)14-16-47)38-9-12-43(54-27-25-52-23-21-50-19-17-48-3)44(32-38)55-28-26-53-24-22-51-20-18-49-4/h5-14,29-32H,17-28H2,1-4H3. The highest BCUT2D eigenvalue weighted by atomic mass is 16.6. The third-order valence-corrected chi connectivity index (χ3v) is 9.35. The Morgan fingerprint density at radius 3 is 1.47 bits per heavy atom. The van der Waals surface area contributed by atoms with Gasteiger partial charge in [0.05, 0.1) is 71.5 Å². The fourth-order valence-electron chi connectivity index (χ4n) is 6.85. The van der Waals surface area contributed by atoms with Crippen molar-refractivity contribution in [2.75, 3.05) is 93.5 Å². The van der Waals surface area contributed by atoms with E-state index in [1.807, 2.05) is 42.2 Å². The third kappa shape index (κ3) is 10.3. The molecular weight excluding hydrogens is 700 g/mol. The molecule has 55 heavy (non-hydrogen) atoms. The van der Waals surface area contributed by atoms with Crippen molar-refractivity contribution in [3.05, 3.63) is 117 Å². The quantitative estimate of drug-likeness (QED) is 0.0515. The summed E-state index contributed by atoms with van der Waals surface area (Å²) in [5.74, 6) is 4.87. The van der Waals surface area contributed by atoms with Gasteiger partial charge in [-0.2, -0.15) is 0 Å². The SMILES string of the molecule is COCCOCCOCCOc1ccc(C2(c3ccc(C=C=O)c(C=C=O)c3)c3cc(C)ccc3-c3ccc(C)cc32)cc1OCCOCCOCCOC. The van der Waals surface area contributed by atoms with Crippen LogP contribution in [-0.4, -0.2) is 105 Å². The molecule has 10 nitrogen and oxygen atoms in total. The van der Waals surface area contributed by atoms with Gasteiger partial charge in [-0.05, 0) is 76.6 Å². The van der Waals surface area contributed by atoms with Crippen molar-refractivity contribution >= 4 is 24.0 Å². The van der Waals surface area contributed by atoms with E-state index in [1.165, 1.54) is 12.2 Å². The molecule has 0 fully saturated rings. The van der Waals surface area contributed by atoms with Crippen LogP contribution in [0.25, 0.3) is 23.3 Å². The van der Waals surface area contributed by atoms with Crippen molar-refractivity contribution in [1.82, 2.24) is 0 Å². The molecule has 290 valence electrons. The summed E-state index contributed by atoms with van der Waals surface area (Å²) in [6.07, 6.45) is 2.68. The van der Waals surface area contributed by atoms with Crippen molar-refractivity contribution in [2.24, 2.45) is 0 Å². The second-order valence-corrected chi connectivity index (χ2v) is 13.0. The van der Waals surface area contributed by atoms with E-state index in [0.717, 1.165) is 44.5 Å². The first-order valence-corrected chi connectivity index (χ1v) is 18.5. The molecule has 0 saturated carbocycles. The Morgan fingerprint density at radius 2 is 0.945 bits per heavy atom. The maximum atomic E-state index is 11.7. The highest BCUT2D eigenvalue weighted by molar-refractivity contribution is 5.89. The second kappa shape index (κ2) is 21.3. The lowest BCUT2D eigenvalue weighted by Crippen LogP contribution is -2.29. The maximum absolute atomic E-state index is 11.7. The summed E-state index contributed by atoms with van der Waals surface area (Å²) >= 11 is 0. The number of rotatable bonds is 24. The molecule has 0 aliphatic heterocycles. The average molecular weight is 751 g/mol. The van der Waals surface area contributed by atoms with Crippen molar-refractivity contribution in [3.63, 3.8) is 0 Å². The number of hydrogen-bond donors (Lipinski definition) is 0. The van der Waals surface area contributed by atoms with Crippen molar-refractivity contribution in [2.45, 2.75) is 19.3 Å². The van der Waals surface area contributed by atoms with Gasteiger partial charge in [0.2, 0.25) is 0 Å². The number of fused-ring (bicyclic) bond motifs is 3. The predicted octanol–water partition coefficient (Wildman–Crippen LogP) is 6.47. The zero-order valence-electron chi connectivity index (χ0n) is 32.2. The topological polar surface area (TPSA) is 108 Å². The van der Waals surface area contributed by atoms with E-state index in [0.29, 0.717) is 95.3 Å². The van der Waals surface area contributed by atoms with E-state index in [-0.39, 0.29) is 6.61 Å². The summed E-state index contributed by atoms with van der Waals surface area (Å²) in [4.78, 5) is 23.2. The lowest BCUT2D eigenvalue weighted by atomic mass is 9.67. The van der Waals surface area contributed by atoms with E-state index in [1.54, 1.807) is 14.2 Å². The number of ether oxygens (including phenoxy) is 8. The van der Waals surface area contributed by atoms with Gasteiger partial charge in [-0.15, -0.1) is 0 Å². The zero-order valence-corrected chi connectivity index (χ0v) is 32.2. The maximum Gasteiger partial charge on any atom is 0.161 e. The first kappa shape index (κ1) is 41.3. The van der Waals surface area contributed by atoms with Crippen molar-refractivity contribution in [3.8, 4) is 22.6 Å². The van der Waals surface area contributed by atoms with E-state index < -0.39 is 5.41 Å². The smallest absolute Gasteiger partial charge is 0.161 e. The lowest BCUT2D eigenvalue weighted by molar-refractivity contribution is 0.0159. The van der Waals surface area contributed by atoms with Crippen LogP contribution in [0.15, 0.2) is 72.8 Å². The van der Waals surface area contributed by atoms with E-state index in [2.05, 4.69) is 56.3 Å². The minimum atomic E-state index is -0.837. The molecule has 4 aromatic rings. The molecule has 0 unspecified atom stereocenters. The van der Waals surface area contributed by atoms with Crippen LogP contribution in [0.5, 0.6) is 11.5 Å². The Hall–Kier alpha value is -4.86. The summed E-state index contributed by atoms with van der Waals surface area (Å²) < 4.78 is 45.3. The van der Waals surface area contributed by atoms with Gasteiger partial charge in [-0.1, -0.05) is 65.7 Å². The lowest BCUT2D eigenvalue weighted by Gasteiger charge is -2.35. The molecule has 4 aromatic carbocycles. The predicted molar refractivity (Wildman–Crippen MR) is 212 cm³/mol. The fraction of sp³-hybridized carbons (Fsp3) is 0.378. The van der Waals surface area contributed by atoms with Gasteiger partial charge in [0.25, 0.3) is 0 Å². The molecule has 0 heterocycles. The second-order valence-electron chi connectivity index (χ2n) is 13.0. The van der Waals surface area contributed by atoms with Crippen molar-refractivity contribution < 1.29 is 47.5 Å². The summed E-state index contributed by atoms with van der Waals surface area (Å²) in [6.45, 7) is 9.28. The number of hydrogen-bond acceptors (Lipinski definition) is 10. The summed E-state index contributed by atoms with van der Waals surface area (Å²) in [7, 11) is 3.27. The highest BCUT2D eigenvalue weighted by Crippen LogP contribution is 2.57. The van der Waals surface area contributed by atoms with Crippen LogP contribution in [-0.2, 0) is 43.4 Å². The normalized spacial score (nSPS) is 12.4. The molecule has 10 heteroatoms. The molecule has 1 aliphatic carbocycles. The zero-order chi connectivity index (χ0) is 38.9. The number of carbonyl (C=O) groups excluding carboxylic acids is 2. The molecule has 0 saturated heterocycles. The summed E-state index contributed by atoms with van der Waals surface area (Å²) in [5.41, 5.74) is 8.74. The van der Waals surface area contributed by atoms with E-state index >= 15 is 0 Å². The van der Waals surface area contributed by atoms with Gasteiger partial charge in [-0.25, -0.2) is 9.59 Å². The minimum absolute atomic E-state index is 0.270. The Balaban J connectivity index is 1.55. The van der Waals surface area contributed by atoms with Crippen LogP contribution < -0.4 is 9.47 Å². The molecule has 0 radical (unpaired) electrons. The van der Waals surface area contributed by atoms with Crippen LogP contribution in [0.2, 0.25) is 0 Å². The number of methoxy groups -OCH3 is 2. The van der Waals surface area contributed by atoms with Gasteiger partial charge in [-0.3, -0.25) is 0 Å². The molecule has 0 bridgehead atoms. The molecule has 5 rings (SSSR count). The Bertz CT molecular complexity index is 1910. The first-order valence-electron chi connectivity index (χ1n) is 18.5. The molecule has 0 N–H and O–H groups in total. The third-order valence-electron chi connectivity index (χ3n) is 9.35. The Kier molecular flexibility index (Phi) is 16.0. The van der Waals surface area contributed by atoms with Crippen LogP contribution in [0.3, 0.4) is 0 Å². The van der Waals surface area contributed by atoms with Crippen LogP contribution in [0, 0.1) is 13.8 Å². The summed E-state index contributed by atoms with van der Waals surface area (Å²) in [5, 5.41) is 0. The number of benzene rings is 4. The van der Waals surface area contributed by atoms with Gasteiger partial charge in [0, 0.05) is 26.4 Å². The molecule has 1 aliphatic rings. The Morgan fingerprint density at radius 1 is 0.491 bits per heavy atom. The monoisotopic (exact) mass is 750 g/mol. The van der Waals surface area contributed by atoms with Gasteiger partial charge < -0.3 is 37.9 Å². The van der Waals surface area contributed by atoms with Gasteiger partial charge in [0.1, 0.15) is 25.1 Å². The van der Waals surface area contributed by atoms with Crippen molar-refractivity contribution in [1.29, 1.82) is 0 Å². The molecule has 0 aromatic heterocycles. The minimum Gasteiger partial charge on any atom is -0.487 e. The molecule has 0 atom stereocenters. The Labute approximate surface area is 323 Å². The first-order chi connectivity index (χ1) is 27.0. The largest absolute Gasteiger partial charge is 0.487 e. The fourth-order valence-corrected chi connectivity index (χ4v) is 6.85. The van der Waals surface area contributed by atoms with Crippen LogP contribution >= 0.6 is 0 Å². The number of aryl methyl sites for hydroxylation is 2. The van der Waals surface area contributed by atoms with Crippen LogP contribution in [0.4, 0.5) is 0 Å². The average Bonchev–Trinajstić information content (AvgIpc) is 3.46. The summed E-state index contributed by atoms with van der Waals surface area (Å²) in [6, 6.07) is 24.9. The van der Waals surface area contributed by atoms with Gasteiger partial charge in [0.15, 0.2) is 11.5 Å².